The number of rotatable bonds is 2. The minimum atomic E-state index is -0.346. The first-order valence-electron chi connectivity index (χ1n) is 6.10. The summed E-state index contributed by atoms with van der Waals surface area (Å²) in [5.41, 5.74) is 2.29. The highest BCUT2D eigenvalue weighted by atomic mass is 79.9. The number of amides is 1. The van der Waals surface area contributed by atoms with Gasteiger partial charge in [0.15, 0.2) is 5.11 Å². The number of thiocarbonyl (C=S) groups is 1. The highest BCUT2D eigenvalue weighted by Crippen LogP contribution is 2.23. The van der Waals surface area contributed by atoms with Crippen molar-refractivity contribution in [2.24, 2.45) is 0 Å². The fourth-order valence-corrected chi connectivity index (χ4v) is 2.71. The molecule has 6 heteroatoms. The maximum absolute atomic E-state index is 12.1. The average Bonchev–Trinajstić information content (AvgIpc) is 2.42. The Morgan fingerprint density at radius 3 is 2.62 bits per heavy atom. The van der Waals surface area contributed by atoms with Crippen LogP contribution >= 0.6 is 39.7 Å². The lowest BCUT2D eigenvalue weighted by atomic mass is 10.2. The summed E-state index contributed by atoms with van der Waals surface area (Å²) in [6, 6.07) is 12.6. The SMILES string of the molecule is Cc1ccc(NC(=S)NC(=O)c2ccccc2Cl)c(Br)c1. The van der Waals surface area contributed by atoms with Gasteiger partial charge in [-0.15, -0.1) is 0 Å². The number of carbonyl (C=O) groups excluding carboxylic acids is 1. The van der Waals surface area contributed by atoms with Gasteiger partial charge in [-0.1, -0.05) is 29.8 Å². The Hall–Kier alpha value is -1.43. The average molecular weight is 384 g/mol. The molecule has 0 aliphatic heterocycles. The summed E-state index contributed by atoms with van der Waals surface area (Å²) in [6.07, 6.45) is 0. The first-order valence-corrected chi connectivity index (χ1v) is 7.68. The van der Waals surface area contributed by atoms with Crippen LogP contribution in [0.2, 0.25) is 5.02 Å². The van der Waals surface area contributed by atoms with Crippen molar-refractivity contribution in [3.63, 3.8) is 0 Å². The van der Waals surface area contributed by atoms with Crippen LogP contribution in [0.3, 0.4) is 0 Å². The molecule has 0 unspecified atom stereocenters. The maximum atomic E-state index is 12.1. The Labute approximate surface area is 141 Å². The van der Waals surface area contributed by atoms with Gasteiger partial charge < -0.3 is 5.32 Å². The second kappa shape index (κ2) is 7.02. The molecule has 2 N–H and O–H groups in total. The molecule has 0 aromatic heterocycles. The molecule has 0 atom stereocenters. The topological polar surface area (TPSA) is 41.1 Å². The predicted octanol–water partition coefficient (Wildman–Crippen LogP) is 4.54. The van der Waals surface area contributed by atoms with Crippen molar-refractivity contribution in [1.82, 2.24) is 5.32 Å². The van der Waals surface area contributed by atoms with Gasteiger partial charge in [0.1, 0.15) is 0 Å². The van der Waals surface area contributed by atoms with Gasteiger partial charge in [0, 0.05) is 4.47 Å². The Morgan fingerprint density at radius 2 is 1.95 bits per heavy atom. The van der Waals surface area contributed by atoms with E-state index in [1.165, 1.54) is 0 Å². The Kier molecular flexibility index (Phi) is 5.33. The zero-order chi connectivity index (χ0) is 15.4. The first-order chi connectivity index (χ1) is 9.97. The van der Waals surface area contributed by atoms with Gasteiger partial charge in [0.25, 0.3) is 5.91 Å². The van der Waals surface area contributed by atoms with Crippen molar-refractivity contribution in [3.8, 4) is 0 Å². The van der Waals surface area contributed by atoms with E-state index in [4.69, 9.17) is 23.8 Å². The predicted molar refractivity (Wildman–Crippen MR) is 94.0 cm³/mol. The van der Waals surface area contributed by atoms with Crippen LogP contribution in [0.4, 0.5) is 5.69 Å². The fourth-order valence-electron chi connectivity index (χ4n) is 1.69. The van der Waals surface area contributed by atoms with Crippen LogP contribution in [0.5, 0.6) is 0 Å². The quantitative estimate of drug-likeness (QED) is 0.748. The summed E-state index contributed by atoms with van der Waals surface area (Å²) in [5.74, 6) is -0.346. The molecule has 0 saturated carbocycles. The molecule has 2 aromatic carbocycles. The Bertz CT molecular complexity index is 706. The van der Waals surface area contributed by atoms with Gasteiger partial charge in [0.2, 0.25) is 0 Å². The molecular weight excluding hydrogens is 372 g/mol. The normalized spacial score (nSPS) is 10.0. The molecule has 108 valence electrons. The van der Waals surface area contributed by atoms with Crippen LogP contribution in [0, 0.1) is 6.92 Å². The van der Waals surface area contributed by atoms with Gasteiger partial charge >= 0.3 is 0 Å². The number of hydrogen-bond acceptors (Lipinski definition) is 2. The smallest absolute Gasteiger partial charge is 0.258 e. The maximum Gasteiger partial charge on any atom is 0.258 e. The lowest BCUT2D eigenvalue weighted by molar-refractivity contribution is 0.0978. The largest absolute Gasteiger partial charge is 0.331 e. The van der Waals surface area contributed by atoms with E-state index < -0.39 is 0 Å². The van der Waals surface area contributed by atoms with E-state index in [-0.39, 0.29) is 11.0 Å². The molecule has 0 heterocycles. The van der Waals surface area contributed by atoms with Crippen molar-refractivity contribution >= 4 is 56.5 Å². The molecule has 0 spiro atoms. The van der Waals surface area contributed by atoms with Gasteiger partial charge in [-0.2, -0.15) is 0 Å². The summed E-state index contributed by atoms with van der Waals surface area (Å²) in [4.78, 5) is 12.1. The summed E-state index contributed by atoms with van der Waals surface area (Å²) < 4.78 is 0.872. The van der Waals surface area contributed by atoms with E-state index in [0.717, 1.165) is 15.7 Å². The second-order valence-corrected chi connectivity index (χ2v) is 6.04. The standard InChI is InChI=1S/C15H12BrClN2OS/c1-9-6-7-13(11(16)8-9)18-15(21)19-14(20)10-4-2-3-5-12(10)17/h2-8H,1H3,(H2,18,19,20,21). The number of aryl methyl sites for hydroxylation is 1. The van der Waals surface area contributed by atoms with E-state index in [1.54, 1.807) is 24.3 Å². The molecule has 2 aromatic rings. The fraction of sp³-hybridized carbons (Fsp3) is 0.0667. The van der Waals surface area contributed by atoms with Crippen molar-refractivity contribution in [2.45, 2.75) is 6.92 Å². The number of carbonyl (C=O) groups is 1. The van der Waals surface area contributed by atoms with Crippen LogP contribution < -0.4 is 10.6 Å². The molecule has 0 saturated heterocycles. The van der Waals surface area contributed by atoms with Crippen molar-refractivity contribution in [2.75, 3.05) is 5.32 Å². The summed E-state index contributed by atoms with van der Waals surface area (Å²) in [5, 5.41) is 6.17. The molecule has 2 rings (SSSR count). The molecule has 3 nitrogen and oxygen atoms in total. The number of halogens is 2. The van der Waals surface area contributed by atoms with Gasteiger partial charge in [0.05, 0.1) is 16.3 Å². The number of benzene rings is 2. The van der Waals surface area contributed by atoms with Crippen molar-refractivity contribution < 1.29 is 4.79 Å². The monoisotopic (exact) mass is 382 g/mol. The molecule has 0 radical (unpaired) electrons. The highest BCUT2D eigenvalue weighted by molar-refractivity contribution is 9.10. The summed E-state index contributed by atoms with van der Waals surface area (Å²) in [7, 11) is 0. The molecule has 21 heavy (non-hydrogen) atoms. The summed E-state index contributed by atoms with van der Waals surface area (Å²) >= 11 is 14.6. The molecule has 0 bridgehead atoms. The number of anilines is 1. The van der Waals surface area contributed by atoms with E-state index >= 15 is 0 Å². The highest BCUT2D eigenvalue weighted by Gasteiger charge is 2.11. The van der Waals surface area contributed by atoms with Crippen LogP contribution in [0.25, 0.3) is 0 Å². The third-order valence-electron chi connectivity index (χ3n) is 2.72. The molecule has 1 amide bonds. The van der Waals surface area contributed by atoms with E-state index in [0.29, 0.717) is 10.6 Å². The zero-order valence-electron chi connectivity index (χ0n) is 11.1. The van der Waals surface area contributed by atoms with Crippen LogP contribution in [0.15, 0.2) is 46.9 Å². The second-order valence-electron chi connectivity index (χ2n) is 4.37. The van der Waals surface area contributed by atoms with Crippen LogP contribution in [-0.2, 0) is 0 Å². The van der Waals surface area contributed by atoms with Crippen LogP contribution in [0.1, 0.15) is 15.9 Å². The molecule has 0 fully saturated rings. The van der Waals surface area contributed by atoms with Crippen LogP contribution in [-0.4, -0.2) is 11.0 Å². The minimum absolute atomic E-state index is 0.212. The summed E-state index contributed by atoms with van der Waals surface area (Å²) in [6.45, 7) is 1.99. The number of hydrogen-bond donors (Lipinski definition) is 2. The van der Waals surface area contributed by atoms with Crippen molar-refractivity contribution in [3.05, 3.63) is 63.1 Å². The lowest BCUT2D eigenvalue weighted by Gasteiger charge is -2.12. The molecule has 0 aliphatic carbocycles. The zero-order valence-corrected chi connectivity index (χ0v) is 14.3. The molecular formula is C15H12BrClN2OS. The van der Waals surface area contributed by atoms with E-state index in [2.05, 4.69) is 26.6 Å². The molecule has 0 aliphatic rings. The van der Waals surface area contributed by atoms with Gasteiger partial charge in [-0.05, 0) is 64.9 Å². The Balaban J connectivity index is 2.05. The van der Waals surface area contributed by atoms with E-state index in [9.17, 15) is 4.79 Å². The van der Waals surface area contributed by atoms with Gasteiger partial charge in [-0.3, -0.25) is 10.1 Å². The first kappa shape index (κ1) is 15.9. The Morgan fingerprint density at radius 1 is 1.24 bits per heavy atom. The minimum Gasteiger partial charge on any atom is -0.331 e. The lowest BCUT2D eigenvalue weighted by Crippen LogP contribution is -2.34. The van der Waals surface area contributed by atoms with E-state index in [1.807, 2.05) is 25.1 Å². The third kappa shape index (κ3) is 4.27. The van der Waals surface area contributed by atoms with Gasteiger partial charge in [-0.25, -0.2) is 0 Å². The number of nitrogens with one attached hydrogen (secondary N) is 2. The van der Waals surface area contributed by atoms with Crippen molar-refractivity contribution in [1.29, 1.82) is 0 Å². The third-order valence-corrected chi connectivity index (χ3v) is 3.91.